The molecule has 0 fully saturated rings. The molecule has 258 valence electrons. The molecule has 3 aromatic heterocycles. The van der Waals surface area contributed by atoms with E-state index in [0.717, 1.165) is 33.9 Å². The van der Waals surface area contributed by atoms with Gasteiger partial charge in [-0.05, 0) is 51.2 Å². The quantitative estimate of drug-likeness (QED) is 0.157. The molecule has 8 rings (SSSR count). The number of hydrogen-bond acceptors (Lipinski definition) is 3. The number of fused-ring (bicyclic) bond motifs is 1. The summed E-state index contributed by atoms with van der Waals surface area (Å²) in [6.45, 7) is 8.98. The second kappa shape index (κ2) is 18.7. The molecule has 4 nitrogen and oxygen atoms in total. The topological polar surface area (TPSA) is 43.6 Å². The van der Waals surface area contributed by atoms with E-state index in [1.54, 1.807) is 6.20 Å². The van der Waals surface area contributed by atoms with E-state index in [-0.39, 0.29) is 20.1 Å². The van der Waals surface area contributed by atoms with E-state index in [2.05, 4.69) is 114 Å². The number of imidazole rings is 1. The van der Waals surface area contributed by atoms with Gasteiger partial charge >= 0.3 is 20.1 Å². The molecule has 0 saturated carbocycles. The van der Waals surface area contributed by atoms with Crippen molar-refractivity contribution < 1.29 is 20.1 Å². The van der Waals surface area contributed by atoms with Crippen molar-refractivity contribution in [3.05, 3.63) is 194 Å². The average Bonchev–Trinajstić information content (AvgIpc) is 3.69. The van der Waals surface area contributed by atoms with E-state index >= 15 is 0 Å². The maximum Gasteiger partial charge on any atom is 3.00 e. The van der Waals surface area contributed by atoms with Crippen molar-refractivity contribution in [2.24, 2.45) is 0 Å². The van der Waals surface area contributed by atoms with Crippen molar-refractivity contribution in [3.8, 4) is 39.6 Å². The summed E-state index contributed by atoms with van der Waals surface area (Å²) < 4.78 is 2.22. The summed E-state index contributed by atoms with van der Waals surface area (Å²) in [5, 5.41) is 2.38. The van der Waals surface area contributed by atoms with Gasteiger partial charge in [0, 0.05) is 30.5 Å². The smallest absolute Gasteiger partial charge is 0.340 e. The molecule has 0 aliphatic heterocycles. The minimum Gasteiger partial charge on any atom is -0.340 e. The Hall–Kier alpha value is -5.48. The molecule has 0 atom stereocenters. The molecule has 8 aromatic rings. The van der Waals surface area contributed by atoms with E-state index < -0.39 is 0 Å². The van der Waals surface area contributed by atoms with E-state index in [1.807, 2.05) is 109 Å². The number of nitrogens with zero attached hydrogens (tertiary/aromatic N) is 4. The van der Waals surface area contributed by atoms with Crippen LogP contribution in [0, 0.1) is 18.2 Å². The van der Waals surface area contributed by atoms with E-state index in [4.69, 9.17) is 0 Å². The monoisotopic (exact) mass is 854 g/mol. The standard InChI is InChI=1S/C21H23N2.C15H10N.C11H8N.Ir/c1-15(2)18-11-8-12-19(16(3)4)20(18)23-14-13-22-21(23)17-9-6-5-7-10-17;1-2-6-12(7-3-1)15-10-13-8-4-5-9-14(13)11-16-15;1-2-6-10(7-3-1)11-8-4-5-9-12-11;/h5-9,11-16H,1-4H3;1-6,8-11H;1-6,8-9H;/q3*-1;+3. The number of benzene rings is 5. The van der Waals surface area contributed by atoms with Crippen LogP contribution in [0.1, 0.15) is 50.7 Å². The zero-order valence-electron chi connectivity index (χ0n) is 29.9. The van der Waals surface area contributed by atoms with E-state index in [9.17, 15) is 0 Å². The van der Waals surface area contributed by atoms with Gasteiger partial charge in [-0.15, -0.1) is 108 Å². The molecule has 0 N–H and O–H groups in total. The second-order valence-electron chi connectivity index (χ2n) is 12.7. The van der Waals surface area contributed by atoms with Gasteiger partial charge in [0.25, 0.3) is 0 Å². The van der Waals surface area contributed by atoms with Gasteiger partial charge < -0.3 is 14.5 Å². The van der Waals surface area contributed by atoms with Crippen LogP contribution in [0.5, 0.6) is 0 Å². The molecule has 0 spiro atoms. The van der Waals surface area contributed by atoms with Crippen LogP contribution in [0.2, 0.25) is 0 Å². The summed E-state index contributed by atoms with van der Waals surface area (Å²) in [4.78, 5) is 13.3. The molecular formula is C47H41IrN4. The number of hydrogen-bond donors (Lipinski definition) is 0. The Morgan fingerprint density at radius 2 is 1.06 bits per heavy atom. The number of rotatable bonds is 6. The van der Waals surface area contributed by atoms with Gasteiger partial charge in [0.05, 0.1) is 5.82 Å². The number of aromatic nitrogens is 4. The minimum atomic E-state index is 0. The third-order valence-corrected chi connectivity index (χ3v) is 8.44. The minimum absolute atomic E-state index is 0. The summed E-state index contributed by atoms with van der Waals surface area (Å²) in [5.74, 6) is 1.86. The fraction of sp³-hybridized carbons (Fsp3) is 0.128. The van der Waals surface area contributed by atoms with Crippen LogP contribution in [0.3, 0.4) is 0 Å². The first-order chi connectivity index (χ1) is 25.0. The molecule has 3 heterocycles. The van der Waals surface area contributed by atoms with Gasteiger partial charge in [-0.2, -0.15) is 0 Å². The van der Waals surface area contributed by atoms with Gasteiger partial charge in [-0.1, -0.05) is 88.4 Å². The molecule has 0 bridgehead atoms. The Labute approximate surface area is 321 Å². The molecule has 0 unspecified atom stereocenters. The number of para-hydroxylation sites is 1. The Morgan fingerprint density at radius 1 is 0.500 bits per heavy atom. The molecule has 0 aliphatic rings. The van der Waals surface area contributed by atoms with Gasteiger partial charge in [0.15, 0.2) is 0 Å². The molecular weight excluding hydrogens is 813 g/mol. The zero-order chi connectivity index (χ0) is 35.4. The molecule has 52 heavy (non-hydrogen) atoms. The van der Waals surface area contributed by atoms with Crippen LogP contribution in [0.4, 0.5) is 0 Å². The molecule has 0 radical (unpaired) electrons. The summed E-state index contributed by atoms with van der Waals surface area (Å²) in [6.07, 6.45) is 7.63. The summed E-state index contributed by atoms with van der Waals surface area (Å²) in [5.41, 5.74) is 9.01. The van der Waals surface area contributed by atoms with Crippen molar-refractivity contribution in [1.82, 2.24) is 19.5 Å². The Bertz CT molecular complexity index is 2180. The van der Waals surface area contributed by atoms with Gasteiger partial charge in [0.1, 0.15) is 0 Å². The average molecular weight is 854 g/mol. The predicted molar refractivity (Wildman–Crippen MR) is 211 cm³/mol. The molecule has 0 aliphatic carbocycles. The summed E-state index contributed by atoms with van der Waals surface area (Å²) in [6, 6.07) is 56.2. The van der Waals surface area contributed by atoms with Crippen LogP contribution in [0.15, 0.2) is 164 Å². The normalized spacial score (nSPS) is 10.5. The van der Waals surface area contributed by atoms with Crippen molar-refractivity contribution >= 4 is 10.8 Å². The zero-order valence-corrected chi connectivity index (χ0v) is 32.3. The van der Waals surface area contributed by atoms with Gasteiger partial charge in [-0.3, -0.25) is 4.98 Å². The van der Waals surface area contributed by atoms with Gasteiger partial charge in [-0.25, -0.2) is 0 Å². The fourth-order valence-corrected chi connectivity index (χ4v) is 5.86. The third-order valence-electron chi connectivity index (χ3n) is 8.44. The van der Waals surface area contributed by atoms with Crippen LogP contribution in [0.25, 0.3) is 50.4 Å². The van der Waals surface area contributed by atoms with E-state index in [0.29, 0.717) is 11.8 Å². The number of pyridine rings is 2. The fourth-order valence-electron chi connectivity index (χ4n) is 5.86. The summed E-state index contributed by atoms with van der Waals surface area (Å²) in [7, 11) is 0. The predicted octanol–water partition coefficient (Wildman–Crippen LogP) is 11.8. The van der Waals surface area contributed by atoms with Crippen LogP contribution < -0.4 is 0 Å². The van der Waals surface area contributed by atoms with Crippen molar-refractivity contribution in [3.63, 3.8) is 0 Å². The Morgan fingerprint density at radius 3 is 1.62 bits per heavy atom. The summed E-state index contributed by atoms with van der Waals surface area (Å²) >= 11 is 0. The van der Waals surface area contributed by atoms with Crippen molar-refractivity contribution in [2.45, 2.75) is 39.5 Å². The first kappa shape index (κ1) is 37.8. The maximum atomic E-state index is 4.60. The van der Waals surface area contributed by atoms with Crippen LogP contribution in [-0.4, -0.2) is 19.5 Å². The maximum absolute atomic E-state index is 4.60. The first-order valence-corrected chi connectivity index (χ1v) is 17.3. The third kappa shape index (κ3) is 9.44. The Kier molecular flexibility index (Phi) is 13.6. The van der Waals surface area contributed by atoms with Gasteiger partial charge in [0.2, 0.25) is 0 Å². The molecule has 5 aromatic carbocycles. The van der Waals surface area contributed by atoms with Crippen molar-refractivity contribution in [2.75, 3.05) is 0 Å². The molecule has 5 heteroatoms. The first-order valence-electron chi connectivity index (χ1n) is 17.3. The molecule has 0 saturated heterocycles. The largest absolute Gasteiger partial charge is 3.00 e. The van der Waals surface area contributed by atoms with Crippen molar-refractivity contribution in [1.29, 1.82) is 0 Å². The van der Waals surface area contributed by atoms with Crippen LogP contribution in [-0.2, 0) is 20.1 Å². The van der Waals surface area contributed by atoms with Crippen LogP contribution >= 0.6 is 0 Å². The Balaban J connectivity index is 0.000000157. The van der Waals surface area contributed by atoms with E-state index in [1.165, 1.54) is 27.6 Å². The second-order valence-corrected chi connectivity index (χ2v) is 12.7. The molecule has 0 amide bonds. The SMILES string of the molecule is CC(C)c1cccc(C(C)C)c1-n1ccnc1-c1[c-]cccc1.[Ir+3].[c-]1ccccc1-c1cc2ccccc2cn1.[c-]1ccccc1-c1ccccn1.